The van der Waals surface area contributed by atoms with Crippen molar-refractivity contribution in [2.45, 2.75) is 63.4 Å². The number of ether oxygens (including phenoxy) is 5. The fourth-order valence-electron chi connectivity index (χ4n) is 7.40. The lowest BCUT2D eigenvalue weighted by Crippen LogP contribution is -2.48. The van der Waals surface area contributed by atoms with E-state index in [0.717, 1.165) is 50.1 Å². The van der Waals surface area contributed by atoms with Crippen molar-refractivity contribution in [3.05, 3.63) is 47.2 Å². The van der Waals surface area contributed by atoms with Crippen LogP contribution in [0.3, 0.4) is 0 Å². The molecule has 216 valence electrons. The van der Waals surface area contributed by atoms with Gasteiger partial charge in [-0.15, -0.1) is 0 Å². The Kier molecular flexibility index (Phi) is 7.84. The van der Waals surface area contributed by atoms with E-state index in [0.29, 0.717) is 48.0 Å². The zero-order valence-corrected chi connectivity index (χ0v) is 24.1. The monoisotopic (exact) mass is 550 g/mol. The number of piperidine rings is 1. The number of aliphatic hydroxyl groups is 1. The first-order chi connectivity index (χ1) is 19.5. The van der Waals surface area contributed by atoms with Gasteiger partial charge in [0.2, 0.25) is 5.75 Å². The summed E-state index contributed by atoms with van der Waals surface area (Å²) in [6.07, 6.45) is 5.94. The van der Waals surface area contributed by atoms with E-state index in [1.807, 2.05) is 12.1 Å². The summed E-state index contributed by atoms with van der Waals surface area (Å²) in [6, 6.07) is 10.7. The number of aromatic nitrogens is 1. The van der Waals surface area contributed by atoms with Gasteiger partial charge in [0.15, 0.2) is 17.8 Å². The number of H-pyrrole nitrogens is 1. The van der Waals surface area contributed by atoms with Crippen molar-refractivity contribution in [3.63, 3.8) is 0 Å². The molecule has 8 heteroatoms. The molecule has 40 heavy (non-hydrogen) atoms. The maximum Gasteiger partial charge on any atom is 0.203 e. The van der Waals surface area contributed by atoms with Crippen LogP contribution in [0.1, 0.15) is 55.0 Å². The fraction of sp³-hybridized carbons (Fsp3) is 0.562. The van der Waals surface area contributed by atoms with E-state index in [-0.39, 0.29) is 6.10 Å². The van der Waals surface area contributed by atoms with E-state index in [2.05, 4.69) is 28.1 Å². The molecule has 2 fully saturated rings. The van der Waals surface area contributed by atoms with Crippen molar-refractivity contribution in [1.29, 1.82) is 0 Å². The second kappa shape index (κ2) is 11.5. The average molecular weight is 551 g/mol. The molecule has 1 aromatic heterocycles. The smallest absolute Gasteiger partial charge is 0.203 e. The lowest BCUT2D eigenvalue weighted by molar-refractivity contribution is -0.159. The maximum absolute atomic E-state index is 10.8. The van der Waals surface area contributed by atoms with Crippen LogP contribution in [-0.4, -0.2) is 68.9 Å². The molecule has 3 aliphatic rings. The molecule has 5 atom stereocenters. The number of benzene rings is 2. The SMILES string of the molecule is COc1ccc2c3c([nH]c2c1)[C@H]1C[C@@H]2CC[C@@H](O[C@@H](O)CCc4cc(OC)c(OC)c(OC)c4)C[C@@H]2CN1CC3. The molecule has 6 rings (SSSR count). The van der Waals surface area contributed by atoms with Gasteiger partial charge >= 0.3 is 0 Å². The van der Waals surface area contributed by atoms with Gasteiger partial charge in [0.25, 0.3) is 0 Å². The van der Waals surface area contributed by atoms with Crippen molar-refractivity contribution in [1.82, 2.24) is 9.88 Å². The third kappa shape index (κ3) is 5.13. The van der Waals surface area contributed by atoms with Crippen LogP contribution >= 0.6 is 0 Å². The molecular formula is C32H42N2O6. The van der Waals surface area contributed by atoms with Crippen LogP contribution in [0.4, 0.5) is 0 Å². The van der Waals surface area contributed by atoms with Gasteiger partial charge < -0.3 is 33.8 Å². The van der Waals surface area contributed by atoms with Crippen LogP contribution in [0.5, 0.6) is 23.0 Å². The molecule has 3 heterocycles. The Bertz CT molecular complexity index is 1310. The minimum Gasteiger partial charge on any atom is -0.497 e. The van der Waals surface area contributed by atoms with Crippen molar-refractivity contribution in [2.24, 2.45) is 11.8 Å². The average Bonchev–Trinajstić information content (AvgIpc) is 3.36. The quantitative estimate of drug-likeness (QED) is 0.352. The highest BCUT2D eigenvalue weighted by atomic mass is 16.6. The maximum atomic E-state index is 10.8. The molecule has 0 spiro atoms. The Morgan fingerprint density at radius 1 is 0.950 bits per heavy atom. The summed E-state index contributed by atoms with van der Waals surface area (Å²) in [5, 5.41) is 12.1. The summed E-state index contributed by atoms with van der Waals surface area (Å²) in [7, 11) is 6.55. The molecule has 8 nitrogen and oxygen atoms in total. The van der Waals surface area contributed by atoms with Crippen LogP contribution in [0, 0.1) is 11.8 Å². The number of aliphatic hydroxyl groups excluding tert-OH is 1. The molecule has 0 radical (unpaired) electrons. The predicted molar refractivity (Wildman–Crippen MR) is 154 cm³/mol. The van der Waals surface area contributed by atoms with Crippen LogP contribution < -0.4 is 18.9 Å². The first kappa shape index (κ1) is 27.2. The van der Waals surface area contributed by atoms with Crippen LogP contribution in [0.25, 0.3) is 10.9 Å². The molecule has 2 aliphatic heterocycles. The predicted octanol–water partition coefficient (Wildman–Crippen LogP) is 5.26. The Balaban J connectivity index is 1.06. The van der Waals surface area contributed by atoms with Gasteiger partial charge in [0.1, 0.15) is 5.75 Å². The normalized spacial score (nSPS) is 25.0. The second-order valence-corrected chi connectivity index (χ2v) is 11.5. The Hall–Kier alpha value is -2.94. The lowest BCUT2D eigenvalue weighted by Gasteiger charge is -2.49. The first-order valence-electron chi connectivity index (χ1n) is 14.6. The molecule has 0 bridgehead atoms. The highest BCUT2D eigenvalue weighted by Crippen LogP contribution is 2.48. The van der Waals surface area contributed by atoms with Gasteiger partial charge in [0.05, 0.1) is 40.6 Å². The molecular weight excluding hydrogens is 508 g/mol. The third-order valence-corrected chi connectivity index (χ3v) is 9.41. The zero-order chi connectivity index (χ0) is 27.8. The highest BCUT2D eigenvalue weighted by molar-refractivity contribution is 5.86. The number of rotatable bonds is 9. The summed E-state index contributed by atoms with van der Waals surface area (Å²) in [5.41, 5.74) is 5.10. The number of hydrogen-bond donors (Lipinski definition) is 2. The van der Waals surface area contributed by atoms with E-state index in [1.165, 1.54) is 28.6 Å². The van der Waals surface area contributed by atoms with E-state index in [4.69, 9.17) is 23.7 Å². The number of fused-ring (bicyclic) bond motifs is 6. The van der Waals surface area contributed by atoms with E-state index in [9.17, 15) is 5.11 Å². The van der Waals surface area contributed by atoms with Crippen LogP contribution in [0.2, 0.25) is 0 Å². The van der Waals surface area contributed by atoms with E-state index < -0.39 is 6.29 Å². The van der Waals surface area contributed by atoms with E-state index in [1.54, 1.807) is 28.4 Å². The van der Waals surface area contributed by atoms with Crippen molar-refractivity contribution >= 4 is 10.9 Å². The Morgan fingerprint density at radius 2 is 1.75 bits per heavy atom. The number of methoxy groups -OCH3 is 4. The molecule has 1 aliphatic carbocycles. The van der Waals surface area contributed by atoms with E-state index >= 15 is 0 Å². The summed E-state index contributed by atoms with van der Waals surface area (Å²) in [6.45, 7) is 2.21. The van der Waals surface area contributed by atoms with Crippen LogP contribution in [0.15, 0.2) is 30.3 Å². The molecule has 2 aromatic carbocycles. The second-order valence-electron chi connectivity index (χ2n) is 11.5. The number of hydrogen-bond acceptors (Lipinski definition) is 7. The van der Waals surface area contributed by atoms with Crippen molar-refractivity contribution in [2.75, 3.05) is 41.5 Å². The number of nitrogens with zero attached hydrogens (tertiary/aromatic N) is 1. The Morgan fingerprint density at radius 3 is 2.48 bits per heavy atom. The molecule has 1 saturated carbocycles. The summed E-state index contributed by atoms with van der Waals surface area (Å²) < 4.78 is 28.0. The van der Waals surface area contributed by atoms with Gasteiger partial charge in [-0.3, -0.25) is 4.90 Å². The summed E-state index contributed by atoms with van der Waals surface area (Å²) in [4.78, 5) is 6.45. The Labute approximate surface area is 236 Å². The molecule has 2 N–H and O–H groups in total. The molecule has 3 aromatic rings. The van der Waals surface area contributed by atoms with Gasteiger partial charge in [-0.1, -0.05) is 0 Å². The summed E-state index contributed by atoms with van der Waals surface area (Å²) >= 11 is 0. The third-order valence-electron chi connectivity index (χ3n) is 9.41. The molecule has 0 amide bonds. The highest BCUT2D eigenvalue weighted by Gasteiger charge is 2.43. The first-order valence-corrected chi connectivity index (χ1v) is 14.6. The lowest BCUT2D eigenvalue weighted by atomic mass is 9.70. The fourth-order valence-corrected chi connectivity index (χ4v) is 7.40. The minimum atomic E-state index is -0.794. The standard InChI is InChI=1S/C32H42N2O6/c1-36-22-8-9-24-25-11-12-34-18-21-15-23(7-6-20(21)16-27(34)31(25)33-26(24)17-22)40-30(35)10-5-19-13-28(37-2)32(39-4)29(14-19)38-3/h8-9,13-14,17,20-21,23,27,30,33,35H,5-7,10-12,15-16,18H2,1-4H3/t20-,21+,23+,27+,30+/m0/s1. The topological polar surface area (TPSA) is 85.4 Å². The van der Waals surface area contributed by atoms with Gasteiger partial charge in [0, 0.05) is 42.2 Å². The van der Waals surface area contributed by atoms with Gasteiger partial charge in [-0.05, 0) is 85.8 Å². The molecule has 0 unspecified atom stereocenters. The van der Waals surface area contributed by atoms with Gasteiger partial charge in [-0.25, -0.2) is 0 Å². The minimum absolute atomic E-state index is 0.105. The molecule has 1 saturated heterocycles. The zero-order valence-electron chi connectivity index (χ0n) is 24.1. The largest absolute Gasteiger partial charge is 0.497 e. The number of aromatic amines is 1. The van der Waals surface area contributed by atoms with Gasteiger partial charge in [-0.2, -0.15) is 0 Å². The number of nitrogens with one attached hydrogen (secondary N) is 1. The summed E-state index contributed by atoms with van der Waals surface area (Å²) in [5.74, 6) is 4.03. The van der Waals surface area contributed by atoms with Crippen molar-refractivity contribution < 1.29 is 28.8 Å². The number of aryl methyl sites for hydroxylation is 1. The van der Waals surface area contributed by atoms with Crippen LogP contribution in [-0.2, 0) is 17.6 Å². The van der Waals surface area contributed by atoms with Crippen molar-refractivity contribution in [3.8, 4) is 23.0 Å².